The summed E-state index contributed by atoms with van der Waals surface area (Å²) in [6.07, 6.45) is 0.911. The Kier molecular flexibility index (Phi) is 6.52. The van der Waals surface area contributed by atoms with Crippen molar-refractivity contribution >= 4 is 55.9 Å². The second kappa shape index (κ2) is 9.01. The molecule has 1 amide bonds. The average molecular weight is 496 g/mol. The van der Waals surface area contributed by atoms with Crippen molar-refractivity contribution < 1.29 is 13.2 Å². The maximum Gasteiger partial charge on any atom is 0.244 e. The maximum atomic E-state index is 12.9. The van der Waals surface area contributed by atoms with E-state index in [-0.39, 0.29) is 28.4 Å². The lowest BCUT2D eigenvalue weighted by Gasteiger charge is -2.34. The van der Waals surface area contributed by atoms with Crippen LogP contribution in [0.15, 0.2) is 52.1 Å². The zero-order valence-corrected chi connectivity index (χ0v) is 20.2. The molecule has 0 radical (unpaired) electrons. The molecule has 2 aromatic heterocycles. The van der Waals surface area contributed by atoms with E-state index in [0.29, 0.717) is 5.69 Å². The Morgan fingerprint density at radius 3 is 2.74 bits per heavy atom. The Morgan fingerprint density at radius 2 is 2.03 bits per heavy atom. The van der Waals surface area contributed by atoms with Gasteiger partial charge in [-0.05, 0) is 53.1 Å². The first kappa shape index (κ1) is 22.4. The van der Waals surface area contributed by atoms with Gasteiger partial charge in [0.05, 0.1) is 17.6 Å². The number of carbonyl (C=O) groups is 1. The maximum absolute atomic E-state index is 12.9. The SMILES string of the molecule is CN(C)S(=O)(=O)c1cc(NC(=O)CN2CCc3sccc3[C@H]2c2cccs2)ccc1Cl. The van der Waals surface area contributed by atoms with Crippen LogP contribution in [0.5, 0.6) is 0 Å². The van der Waals surface area contributed by atoms with E-state index in [1.807, 2.05) is 6.07 Å². The zero-order valence-electron chi connectivity index (χ0n) is 17.0. The first-order chi connectivity index (χ1) is 14.8. The average Bonchev–Trinajstić information content (AvgIpc) is 3.41. The van der Waals surface area contributed by atoms with Crippen LogP contribution in [-0.4, -0.2) is 50.7 Å². The van der Waals surface area contributed by atoms with E-state index in [9.17, 15) is 13.2 Å². The van der Waals surface area contributed by atoms with Crippen molar-refractivity contribution in [3.05, 3.63) is 67.5 Å². The van der Waals surface area contributed by atoms with Crippen LogP contribution in [0.25, 0.3) is 0 Å². The number of carbonyl (C=O) groups excluding carboxylic acids is 1. The van der Waals surface area contributed by atoms with Crippen LogP contribution >= 0.6 is 34.3 Å². The van der Waals surface area contributed by atoms with Crippen molar-refractivity contribution in [3.8, 4) is 0 Å². The molecule has 1 aliphatic heterocycles. The third-order valence-electron chi connectivity index (χ3n) is 5.20. The number of rotatable bonds is 6. The van der Waals surface area contributed by atoms with Crippen LogP contribution < -0.4 is 5.32 Å². The number of nitrogens with zero attached hydrogens (tertiary/aromatic N) is 2. The third-order valence-corrected chi connectivity index (χ3v) is 9.42. The highest BCUT2D eigenvalue weighted by Gasteiger charge is 2.31. The molecule has 10 heteroatoms. The van der Waals surface area contributed by atoms with E-state index in [1.54, 1.807) is 28.7 Å². The van der Waals surface area contributed by atoms with Gasteiger partial charge in [0.2, 0.25) is 15.9 Å². The van der Waals surface area contributed by atoms with Gasteiger partial charge in [0.25, 0.3) is 0 Å². The minimum absolute atomic E-state index is 0.0330. The first-order valence-corrected chi connectivity index (χ1v) is 13.2. The van der Waals surface area contributed by atoms with Crippen LogP contribution in [-0.2, 0) is 21.2 Å². The van der Waals surface area contributed by atoms with E-state index in [0.717, 1.165) is 17.3 Å². The molecule has 0 spiro atoms. The largest absolute Gasteiger partial charge is 0.325 e. The molecule has 0 unspecified atom stereocenters. The molecule has 0 bridgehead atoms. The number of amides is 1. The number of fused-ring (bicyclic) bond motifs is 1. The summed E-state index contributed by atoms with van der Waals surface area (Å²) in [5, 5.41) is 7.11. The number of halogens is 1. The molecule has 0 saturated heterocycles. The topological polar surface area (TPSA) is 69.7 Å². The molecule has 0 aliphatic carbocycles. The summed E-state index contributed by atoms with van der Waals surface area (Å²) in [4.78, 5) is 17.6. The fourth-order valence-electron chi connectivity index (χ4n) is 3.68. The molecule has 3 heterocycles. The van der Waals surface area contributed by atoms with Crippen LogP contribution in [0.4, 0.5) is 5.69 Å². The summed E-state index contributed by atoms with van der Waals surface area (Å²) >= 11 is 9.55. The minimum Gasteiger partial charge on any atom is -0.325 e. The molecule has 164 valence electrons. The van der Waals surface area contributed by atoms with Crippen LogP contribution in [0.3, 0.4) is 0 Å². The fraction of sp³-hybridized carbons (Fsp3) is 0.286. The van der Waals surface area contributed by atoms with Crippen molar-refractivity contribution in [1.29, 1.82) is 0 Å². The van der Waals surface area contributed by atoms with Crippen molar-refractivity contribution in [2.75, 3.05) is 32.5 Å². The molecule has 1 N–H and O–H groups in total. The van der Waals surface area contributed by atoms with Crippen LogP contribution in [0, 0.1) is 0 Å². The lowest BCUT2D eigenvalue weighted by molar-refractivity contribution is -0.117. The Hall–Kier alpha value is -1.75. The molecular weight excluding hydrogens is 474 g/mol. The quantitative estimate of drug-likeness (QED) is 0.553. The van der Waals surface area contributed by atoms with Gasteiger partial charge in [-0.3, -0.25) is 9.69 Å². The van der Waals surface area contributed by atoms with E-state index in [2.05, 4.69) is 33.1 Å². The molecule has 1 atom stereocenters. The van der Waals surface area contributed by atoms with Crippen LogP contribution in [0.1, 0.15) is 21.4 Å². The minimum atomic E-state index is -3.72. The number of sulfonamides is 1. The van der Waals surface area contributed by atoms with Gasteiger partial charge in [-0.1, -0.05) is 17.7 Å². The van der Waals surface area contributed by atoms with Crippen molar-refractivity contribution in [2.24, 2.45) is 0 Å². The summed E-state index contributed by atoms with van der Waals surface area (Å²) < 4.78 is 26.1. The Labute approximate surface area is 195 Å². The summed E-state index contributed by atoms with van der Waals surface area (Å²) in [6.45, 7) is 0.987. The lowest BCUT2D eigenvalue weighted by atomic mass is 9.98. The Balaban J connectivity index is 1.54. The molecule has 4 rings (SSSR count). The van der Waals surface area contributed by atoms with Crippen LogP contribution in [0.2, 0.25) is 5.02 Å². The highest BCUT2D eigenvalue weighted by Crippen LogP contribution is 2.39. The summed E-state index contributed by atoms with van der Waals surface area (Å²) in [6, 6.07) is 10.8. The molecule has 6 nitrogen and oxygen atoms in total. The van der Waals surface area contributed by atoms with E-state index < -0.39 is 10.0 Å². The first-order valence-electron chi connectivity index (χ1n) is 9.63. The lowest BCUT2D eigenvalue weighted by Crippen LogP contribution is -2.40. The molecule has 0 saturated carbocycles. The third kappa shape index (κ3) is 4.57. The number of nitrogens with one attached hydrogen (secondary N) is 1. The predicted octanol–water partition coefficient (Wildman–Crippen LogP) is 4.30. The molecule has 0 fully saturated rings. The van der Waals surface area contributed by atoms with Gasteiger partial charge in [-0.25, -0.2) is 12.7 Å². The second-order valence-electron chi connectivity index (χ2n) is 7.42. The molecule has 3 aromatic rings. The van der Waals surface area contributed by atoms with Crippen molar-refractivity contribution in [3.63, 3.8) is 0 Å². The van der Waals surface area contributed by atoms with Gasteiger partial charge in [-0.2, -0.15) is 0 Å². The molecular formula is C21H22ClN3O3S3. The van der Waals surface area contributed by atoms with Crippen molar-refractivity contribution in [2.45, 2.75) is 17.4 Å². The molecule has 31 heavy (non-hydrogen) atoms. The van der Waals surface area contributed by atoms with E-state index >= 15 is 0 Å². The monoisotopic (exact) mass is 495 g/mol. The van der Waals surface area contributed by atoms with E-state index in [4.69, 9.17) is 11.6 Å². The molecule has 1 aromatic carbocycles. The van der Waals surface area contributed by atoms with Gasteiger partial charge < -0.3 is 5.32 Å². The number of hydrogen-bond acceptors (Lipinski definition) is 6. The highest BCUT2D eigenvalue weighted by molar-refractivity contribution is 7.89. The normalized spacial score (nSPS) is 17.0. The summed E-state index contributed by atoms with van der Waals surface area (Å²) in [5.74, 6) is -0.198. The van der Waals surface area contributed by atoms with E-state index in [1.165, 1.54) is 41.5 Å². The Morgan fingerprint density at radius 1 is 1.23 bits per heavy atom. The summed E-state index contributed by atoms with van der Waals surface area (Å²) in [5.41, 5.74) is 1.66. The second-order valence-corrected chi connectivity index (χ2v) is 11.9. The predicted molar refractivity (Wildman–Crippen MR) is 127 cm³/mol. The van der Waals surface area contributed by atoms with Crippen molar-refractivity contribution in [1.82, 2.24) is 9.21 Å². The summed E-state index contributed by atoms with van der Waals surface area (Å²) in [7, 11) is -0.834. The number of anilines is 1. The zero-order chi connectivity index (χ0) is 22.2. The molecule has 1 aliphatic rings. The van der Waals surface area contributed by atoms with Gasteiger partial charge >= 0.3 is 0 Å². The number of benzene rings is 1. The number of thiophene rings is 2. The van der Waals surface area contributed by atoms with Gasteiger partial charge in [0.1, 0.15) is 4.90 Å². The highest BCUT2D eigenvalue weighted by atomic mass is 35.5. The van der Waals surface area contributed by atoms with Gasteiger partial charge in [-0.15, -0.1) is 22.7 Å². The standard InChI is InChI=1S/C21H22ClN3O3S3/c1-24(2)31(27,28)19-12-14(5-6-16(19)22)23-20(26)13-25-9-7-17-15(8-11-30-17)21(25)18-4-3-10-29-18/h3-6,8,10-12,21H,7,9,13H2,1-2H3,(H,23,26)/t21-/m0/s1. The van der Waals surface area contributed by atoms with Gasteiger partial charge in [0, 0.05) is 36.1 Å². The van der Waals surface area contributed by atoms with Gasteiger partial charge in [0.15, 0.2) is 0 Å². The smallest absolute Gasteiger partial charge is 0.244 e. The Bertz CT molecular complexity index is 1190. The fourth-order valence-corrected chi connectivity index (χ4v) is 6.85. The number of hydrogen-bond donors (Lipinski definition) is 1.